The van der Waals surface area contributed by atoms with Crippen LogP contribution in [0.15, 0.2) is 22.7 Å². The number of hydrogen-bond donors (Lipinski definition) is 2. The van der Waals surface area contributed by atoms with Crippen molar-refractivity contribution in [3.8, 4) is 0 Å². The summed E-state index contributed by atoms with van der Waals surface area (Å²) in [7, 11) is 1.14. The molecule has 0 aliphatic rings. The van der Waals surface area contributed by atoms with Crippen LogP contribution in [0, 0.1) is 5.82 Å². The van der Waals surface area contributed by atoms with Gasteiger partial charge < -0.3 is 15.2 Å². The lowest BCUT2D eigenvalue weighted by atomic mass is 10.2. The van der Waals surface area contributed by atoms with Gasteiger partial charge in [-0.3, -0.25) is 4.79 Å². The molecule has 0 radical (unpaired) electrons. The van der Waals surface area contributed by atoms with Gasteiger partial charge in [0.05, 0.1) is 19.3 Å². The summed E-state index contributed by atoms with van der Waals surface area (Å²) in [5.41, 5.74) is 0.152. The number of carbonyl (C=O) groups is 2. The Morgan fingerprint density at radius 2 is 2.22 bits per heavy atom. The number of aliphatic hydroxyl groups is 1. The van der Waals surface area contributed by atoms with E-state index in [9.17, 15) is 14.0 Å². The number of esters is 1. The summed E-state index contributed by atoms with van der Waals surface area (Å²) in [5, 5.41) is 11.2. The van der Waals surface area contributed by atoms with E-state index in [1.54, 1.807) is 0 Å². The fourth-order valence-corrected chi connectivity index (χ4v) is 1.76. The molecule has 0 saturated heterocycles. The van der Waals surface area contributed by atoms with Crippen LogP contribution in [0.4, 0.5) is 4.39 Å². The summed E-state index contributed by atoms with van der Waals surface area (Å²) >= 11 is 3.03. The molecule has 1 aromatic rings. The number of nitrogens with one attached hydrogen (secondary N) is 1. The molecule has 0 aliphatic heterocycles. The molecule has 0 heterocycles. The zero-order valence-electron chi connectivity index (χ0n) is 9.44. The average Bonchev–Trinajstić information content (AvgIpc) is 2.34. The van der Waals surface area contributed by atoms with Crippen molar-refractivity contribution in [3.63, 3.8) is 0 Å². The Labute approximate surface area is 111 Å². The number of aliphatic hydroxyl groups excluding tert-OH is 1. The first-order valence-corrected chi connectivity index (χ1v) is 5.73. The van der Waals surface area contributed by atoms with Crippen molar-refractivity contribution in [2.75, 3.05) is 13.7 Å². The molecule has 0 aliphatic carbocycles. The molecule has 1 rings (SSSR count). The molecule has 18 heavy (non-hydrogen) atoms. The van der Waals surface area contributed by atoms with Gasteiger partial charge in [0.15, 0.2) is 6.04 Å². The predicted octanol–water partition coefficient (Wildman–Crippen LogP) is 0.852. The van der Waals surface area contributed by atoms with Crippen LogP contribution < -0.4 is 5.32 Å². The highest BCUT2D eigenvalue weighted by Gasteiger charge is 2.22. The van der Waals surface area contributed by atoms with Crippen LogP contribution in [-0.4, -0.2) is 36.7 Å². The first-order valence-electron chi connectivity index (χ1n) is 4.94. The standard InChI is InChI=1S/C11H11BrFNO4/c1-18-11(17)9(5-15)14-10(16)7-3-2-6(13)4-8(7)12/h2-4,9,15H,5H2,1H3,(H,14,16). The van der Waals surface area contributed by atoms with E-state index in [4.69, 9.17) is 5.11 Å². The predicted molar refractivity (Wildman–Crippen MR) is 64.5 cm³/mol. The molecule has 1 unspecified atom stereocenters. The summed E-state index contributed by atoms with van der Waals surface area (Å²) < 4.78 is 17.5. The highest BCUT2D eigenvalue weighted by Crippen LogP contribution is 2.18. The molecule has 0 fully saturated rings. The first-order chi connectivity index (χ1) is 8.49. The molecule has 0 spiro atoms. The van der Waals surface area contributed by atoms with Crippen molar-refractivity contribution in [2.45, 2.75) is 6.04 Å². The largest absolute Gasteiger partial charge is 0.467 e. The second kappa shape index (κ2) is 6.46. The Hall–Kier alpha value is -1.47. The van der Waals surface area contributed by atoms with Gasteiger partial charge in [0, 0.05) is 4.47 Å². The van der Waals surface area contributed by atoms with Crippen LogP contribution in [0.3, 0.4) is 0 Å². The lowest BCUT2D eigenvalue weighted by Crippen LogP contribution is -2.44. The van der Waals surface area contributed by atoms with Gasteiger partial charge in [-0.1, -0.05) is 0 Å². The van der Waals surface area contributed by atoms with Crippen molar-refractivity contribution in [1.82, 2.24) is 5.32 Å². The minimum atomic E-state index is -1.15. The fraction of sp³-hybridized carbons (Fsp3) is 0.273. The molecule has 1 amide bonds. The Balaban J connectivity index is 2.84. The van der Waals surface area contributed by atoms with E-state index in [1.165, 1.54) is 6.07 Å². The lowest BCUT2D eigenvalue weighted by Gasteiger charge is -2.14. The second-order valence-electron chi connectivity index (χ2n) is 3.36. The van der Waals surface area contributed by atoms with E-state index in [1.807, 2.05) is 0 Å². The molecular weight excluding hydrogens is 309 g/mol. The van der Waals surface area contributed by atoms with Crippen molar-refractivity contribution in [1.29, 1.82) is 0 Å². The number of halogens is 2. The van der Waals surface area contributed by atoms with Gasteiger partial charge in [0.25, 0.3) is 5.91 Å². The molecular formula is C11H11BrFNO4. The number of amides is 1. The first kappa shape index (κ1) is 14.6. The van der Waals surface area contributed by atoms with Gasteiger partial charge in [-0.25, -0.2) is 9.18 Å². The smallest absolute Gasteiger partial charge is 0.330 e. The topological polar surface area (TPSA) is 75.6 Å². The molecule has 0 bridgehead atoms. The molecule has 1 atom stereocenters. The summed E-state index contributed by atoms with van der Waals surface area (Å²) in [6.45, 7) is -0.586. The van der Waals surface area contributed by atoms with Gasteiger partial charge in [-0.15, -0.1) is 0 Å². The molecule has 98 valence electrons. The summed E-state index contributed by atoms with van der Waals surface area (Å²) in [4.78, 5) is 23.0. The quantitative estimate of drug-likeness (QED) is 0.807. The number of methoxy groups -OCH3 is 1. The highest BCUT2D eigenvalue weighted by atomic mass is 79.9. The number of hydrogen-bond acceptors (Lipinski definition) is 4. The maximum Gasteiger partial charge on any atom is 0.330 e. The monoisotopic (exact) mass is 319 g/mol. The van der Waals surface area contributed by atoms with Crippen molar-refractivity contribution < 1.29 is 23.8 Å². The van der Waals surface area contributed by atoms with Crippen LogP contribution in [0.5, 0.6) is 0 Å². The van der Waals surface area contributed by atoms with Crippen LogP contribution in [0.25, 0.3) is 0 Å². The third-order valence-corrected chi connectivity index (χ3v) is 2.81. The van der Waals surface area contributed by atoms with Gasteiger partial charge in [-0.05, 0) is 34.1 Å². The maximum absolute atomic E-state index is 12.8. The van der Waals surface area contributed by atoms with Gasteiger partial charge >= 0.3 is 5.97 Å². The average molecular weight is 320 g/mol. The van der Waals surface area contributed by atoms with Crippen LogP contribution in [0.1, 0.15) is 10.4 Å². The zero-order chi connectivity index (χ0) is 13.7. The van der Waals surface area contributed by atoms with Crippen molar-refractivity contribution >= 4 is 27.8 Å². The molecule has 0 aromatic heterocycles. The van der Waals surface area contributed by atoms with Crippen LogP contribution in [-0.2, 0) is 9.53 Å². The molecule has 5 nitrogen and oxygen atoms in total. The third kappa shape index (κ3) is 3.51. The van der Waals surface area contributed by atoms with Gasteiger partial charge in [0.1, 0.15) is 5.82 Å². The molecule has 1 aromatic carbocycles. The van der Waals surface area contributed by atoms with Crippen molar-refractivity contribution in [2.24, 2.45) is 0 Å². The van der Waals surface area contributed by atoms with E-state index in [2.05, 4.69) is 26.0 Å². The van der Waals surface area contributed by atoms with Crippen molar-refractivity contribution in [3.05, 3.63) is 34.1 Å². The Morgan fingerprint density at radius 3 is 2.72 bits per heavy atom. The Morgan fingerprint density at radius 1 is 1.56 bits per heavy atom. The highest BCUT2D eigenvalue weighted by molar-refractivity contribution is 9.10. The normalized spacial score (nSPS) is 11.8. The van der Waals surface area contributed by atoms with Crippen LogP contribution in [0.2, 0.25) is 0 Å². The Kier molecular flexibility index (Phi) is 5.24. The summed E-state index contributed by atoms with van der Waals surface area (Å²) in [5.74, 6) is -1.87. The van der Waals surface area contributed by atoms with E-state index < -0.39 is 30.3 Å². The third-order valence-electron chi connectivity index (χ3n) is 2.15. The summed E-state index contributed by atoms with van der Waals surface area (Å²) in [6, 6.07) is 2.35. The maximum atomic E-state index is 12.8. The Bertz CT molecular complexity index is 466. The molecule has 0 saturated carbocycles. The second-order valence-corrected chi connectivity index (χ2v) is 4.21. The number of carbonyl (C=O) groups excluding carboxylic acids is 2. The minimum Gasteiger partial charge on any atom is -0.467 e. The van der Waals surface area contributed by atoms with E-state index in [0.717, 1.165) is 19.2 Å². The van der Waals surface area contributed by atoms with E-state index >= 15 is 0 Å². The molecule has 2 N–H and O–H groups in total. The lowest BCUT2D eigenvalue weighted by molar-refractivity contribution is -0.143. The van der Waals surface area contributed by atoms with E-state index in [0.29, 0.717) is 0 Å². The molecule has 7 heteroatoms. The van der Waals surface area contributed by atoms with Gasteiger partial charge in [0.2, 0.25) is 0 Å². The minimum absolute atomic E-state index is 0.152. The zero-order valence-corrected chi connectivity index (χ0v) is 11.0. The number of rotatable bonds is 4. The fourth-order valence-electron chi connectivity index (χ4n) is 1.23. The number of benzene rings is 1. The van der Waals surface area contributed by atoms with E-state index in [-0.39, 0.29) is 10.0 Å². The van der Waals surface area contributed by atoms with Gasteiger partial charge in [-0.2, -0.15) is 0 Å². The number of ether oxygens (including phenoxy) is 1. The SMILES string of the molecule is COC(=O)C(CO)NC(=O)c1ccc(F)cc1Br. The van der Waals surface area contributed by atoms with Crippen LogP contribution >= 0.6 is 15.9 Å². The summed E-state index contributed by atoms with van der Waals surface area (Å²) in [6.07, 6.45) is 0.